The van der Waals surface area contributed by atoms with Crippen LogP contribution in [0.1, 0.15) is 136 Å². The van der Waals surface area contributed by atoms with Gasteiger partial charge in [-0.1, -0.05) is 124 Å². The van der Waals surface area contributed by atoms with Gasteiger partial charge in [-0.05, 0) is 12.3 Å². The predicted octanol–water partition coefficient (Wildman–Crippen LogP) is 8.23. The Morgan fingerprint density at radius 3 is 1.46 bits per heavy atom. The lowest BCUT2D eigenvalue weighted by Crippen LogP contribution is -2.09. The van der Waals surface area contributed by atoms with E-state index in [2.05, 4.69) is 13.8 Å². The maximum absolute atomic E-state index is 11.3. The molecule has 0 aromatic heterocycles. The second kappa shape index (κ2) is 20.8. The van der Waals surface area contributed by atoms with Gasteiger partial charge in [0.1, 0.15) is 0 Å². The Kier molecular flexibility index (Phi) is 20.4. The lowest BCUT2D eigenvalue weighted by molar-refractivity contribution is -0.143. The molecule has 2 heteroatoms. The summed E-state index contributed by atoms with van der Waals surface area (Å²) >= 11 is 0. The zero-order valence-electron chi connectivity index (χ0n) is 18.3. The molecule has 0 aliphatic carbocycles. The van der Waals surface area contributed by atoms with Crippen LogP contribution >= 0.6 is 0 Å². The van der Waals surface area contributed by atoms with Crippen LogP contribution in [0.15, 0.2) is 0 Å². The number of hydrogen-bond donors (Lipinski definition) is 0. The summed E-state index contributed by atoms with van der Waals surface area (Å²) in [7, 11) is 0. The van der Waals surface area contributed by atoms with E-state index >= 15 is 0 Å². The average Bonchev–Trinajstić information content (AvgIpc) is 2.65. The van der Waals surface area contributed by atoms with Gasteiger partial charge in [-0.15, -0.1) is 0 Å². The lowest BCUT2D eigenvalue weighted by Gasteiger charge is -2.17. The molecule has 0 saturated carbocycles. The third-order valence-electron chi connectivity index (χ3n) is 5.51. The van der Waals surface area contributed by atoms with Gasteiger partial charge in [0.15, 0.2) is 0 Å². The van der Waals surface area contributed by atoms with Crippen molar-refractivity contribution in [3.8, 4) is 0 Å². The highest BCUT2D eigenvalue weighted by atomic mass is 16.5. The summed E-state index contributed by atoms with van der Waals surface area (Å²) in [5.41, 5.74) is 0. The van der Waals surface area contributed by atoms with Gasteiger partial charge in [-0.25, -0.2) is 0 Å². The van der Waals surface area contributed by atoms with E-state index in [1.165, 1.54) is 103 Å². The molecule has 0 aliphatic rings. The van der Waals surface area contributed by atoms with E-state index in [1.807, 2.05) is 6.92 Å². The van der Waals surface area contributed by atoms with Crippen LogP contribution in [0.5, 0.6) is 0 Å². The number of esters is 1. The molecule has 0 spiro atoms. The molecule has 1 atom stereocenters. The van der Waals surface area contributed by atoms with Crippen LogP contribution in [0.4, 0.5) is 0 Å². The minimum Gasteiger partial charge on any atom is -0.466 e. The van der Waals surface area contributed by atoms with Crippen molar-refractivity contribution in [2.45, 2.75) is 136 Å². The topological polar surface area (TPSA) is 26.3 Å². The largest absolute Gasteiger partial charge is 0.466 e. The summed E-state index contributed by atoms with van der Waals surface area (Å²) in [6.45, 7) is 7.06. The Bertz CT molecular complexity index is 288. The maximum Gasteiger partial charge on any atom is 0.305 e. The Labute approximate surface area is 164 Å². The van der Waals surface area contributed by atoms with Crippen molar-refractivity contribution in [2.75, 3.05) is 6.61 Å². The smallest absolute Gasteiger partial charge is 0.305 e. The minimum absolute atomic E-state index is 0.0459. The summed E-state index contributed by atoms with van der Waals surface area (Å²) in [4.78, 5) is 11.3. The van der Waals surface area contributed by atoms with Crippen LogP contribution in [-0.4, -0.2) is 12.6 Å². The number of carbonyl (C=O) groups excluding carboxylic acids is 1. The Morgan fingerprint density at radius 2 is 1.04 bits per heavy atom. The third kappa shape index (κ3) is 18.3. The molecule has 0 N–H and O–H groups in total. The fourth-order valence-corrected chi connectivity index (χ4v) is 3.65. The van der Waals surface area contributed by atoms with Crippen molar-refractivity contribution in [3.05, 3.63) is 0 Å². The number of unbranched alkanes of at least 4 members (excludes halogenated alkanes) is 12. The Balaban J connectivity index is 3.82. The molecular weight excluding hydrogens is 320 g/mol. The molecular formula is C24H48O2. The Morgan fingerprint density at radius 1 is 0.615 bits per heavy atom. The molecule has 1 unspecified atom stereocenters. The van der Waals surface area contributed by atoms with Crippen molar-refractivity contribution in [1.29, 1.82) is 0 Å². The molecule has 156 valence electrons. The molecule has 0 bridgehead atoms. The van der Waals surface area contributed by atoms with Gasteiger partial charge in [-0.3, -0.25) is 4.79 Å². The van der Waals surface area contributed by atoms with E-state index in [1.54, 1.807) is 0 Å². The van der Waals surface area contributed by atoms with E-state index in [-0.39, 0.29) is 5.97 Å². The molecule has 0 aromatic rings. The van der Waals surface area contributed by atoms with Gasteiger partial charge in [0, 0.05) is 6.42 Å². The highest BCUT2D eigenvalue weighted by Gasteiger charge is 2.10. The molecule has 0 aromatic carbocycles. The van der Waals surface area contributed by atoms with E-state index in [4.69, 9.17) is 4.74 Å². The molecule has 26 heavy (non-hydrogen) atoms. The molecule has 2 nitrogen and oxygen atoms in total. The summed E-state index contributed by atoms with van der Waals surface area (Å²) < 4.78 is 5.32. The van der Waals surface area contributed by atoms with Gasteiger partial charge < -0.3 is 4.74 Å². The van der Waals surface area contributed by atoms with Gasteiger partial charge in [0.2, 0.25) is 0 Å². The normalized spacial score (nSPS) is 12.3. The first-order valence-electron chi connectivity index (χ1n) is 11.9. The highest BCUT2D eigenvalue weighted by molar-refractivity contribution is 5.68. The van der Waals surface area contributed by atoms with Gasteiger partial charge in [0.05, 0.1) is 6.61 Å². The molecule has 0 amide bonds. The molecule has 0 saturated heterocycles. The van der Waals surface area contributed by atoms with Crippen LogP contribution in [0.3, 0.4) is 0 Å². The van der Waals surface area contributed by atoms with Crippen molar-refractivity contribution >= 4 is 5.97 Å². The van der Waals surface area contributed by atoms with Crippen LogP contribution in [0, 0.1) is 5.92 Å². The summed E-state index contributed by atoms with van der Waals surface area (Å²) in [5, 5.41) is 0. The average molecular weight is 369 g/mol. The fraction of sp³-hybridized carbons (Fsp3) is 0.958. The second-order valence-electron chi connectivity index (χ2n) is 8.05. The van der Waals surface area contributed by atoms with Crippen molar-refractivity contribution in [2.24, 2.45) is 5.92 Å². The van der Waals surface area contributed by atoms with Gasteiger partial charge >= 0.3 is 5.97 Å². The van der Waals surface area contributed by atoms with E-state index in [9.17, 15) is 4.79 Å². The van der Waals surface area contributed by atoms with Gasteiger partial charge in [0.25, 0.3) is 0 Å². The van der Waals surface area contributed by atoms with E-state index in [0.717, 1.165) is 12.3 Å². The zero-order valence-corrected chi connectivity index (χ0v) is 18.3. The van der Waals surface area contributed by atoms with E-state index in [0.29, 0.717) is 13.0 Å². The van der Waals surface area contributed by atoms with Crippen LogP contribution in [0.25, 0.3) is 0 Å². The number of ether oxygens (including phenoxy) is 1. The van der Waals surface area contributed by atoms with Gasteiger partial charge in [-0.2, -0.15) is 0 Å². The first-order valence-corrected chi connectivity index (χ1v) is 11.9. The standard InChI is InChI=1S/C24H48O2/c1-4-7-9-11-13-14-16-18-20-23(21-22-26-24(25)6-3)19-17-15-12-10-8-5-2/h23H,4-22H2,1-3H3. The quantitative estimate of drug-likeness (QED) is 0.160. The SMILES string of the molecule is CCCCCCCCCCC(CCCCCCCC)CCOC(=O)CC. The minimum atomic E-state index is -0.0459. The Hall–Kier alpha value is -0.530. The van der Waals surface area contributed by atoms with Crippen molar-refractivity contribution < 1.29 is 9.53 Å². The summed E-state index contributed by atoms with van der Waals surface area (Å²) in [6, 6.07) is 0. The number of carbonyl (C=O) groups is 1. The van der Waals surface area contributed by atoms with Crippen LogP contribution in [-0.2, 0) is 9.53 Å². The van der Waals surface area contributed by atoms with Crippen LogP contribution in [0.2, 0.25) is 0 Å². The monoisotopic (exact) mass is 368 g/mol. The highest BCUT2D eigenvalue weighted by Crippen LogP contribution is 2.22. The van der Waals surface area contributed by atoms with Crippen LogP contribution < -0.4 is 0 Å². The second-order valence-corrected chi connectivity index (χ2v) is 8.05. The molecule has 0 heterocycles. The molecule has 0 fully saturated rings. The lowest BCUT2D eigenvalue weighted by atomic mass is 9.91. The zero-order chi connectivity index (χ0) is 19.3. The maximum atomic E-state index is 11.3. The number of rotatable bonds is 20. The molecule has 0 rings (SSSR count). The van der Waals surface area contributed by atoms with Crippen molar-refractivity contribution in [3.63, 3.8) is 0 Å². The summed E-state index contributed by atoms with van der Waals surface area (Å²) in [6.07, 6.45) is 23.6. The summed E-state index contributed by atoms with van der Waals surface area (Å²) in [5.74, 6) is 0.710. The molecule has 0 radical (unpaired) electrons. The van der Waals surface area contributed by atoms with E-state index < -0.39 is 0 Å². The first kappa shape index (κ1) is 25.5. The number of hydrogen-bond acceptors (Lipinski definition) is 2. The fourth-order valence-electron chi connectivity index (χ4n) is 3.65. The van der Waals surface area contributed by atoms with Crippen molar-refractivity contribution in [1.82, 2.24) is 0 Å². The molecule has 0 aliphatic heterocycles. The third-order valence-corrected chi connectivity index (χ3v) is 5.51. The predicted molar refractivity (Wildman–Crippen MR) is 115 cm³/mol. The first-order chi connectivity index (χ1) is 12.7.